The molecule has 1 amide bonds. The molecular weight excluding hydrogens is 358 g/mol. The number of benzene rings is 2. The maximum absolute atomic E-state index is 12.3. The molecule has 1 aromatic heterocycles. The number of anilines is 2. The van der Waals surface area contributed by atoms with Crippen LogP contribution < -0.4 is 10.6 Å². The van der Waals surface area contributed by atoms with Gasteiger partial charge >= 0.3 is 0 Å². The first kappa shape index (κ1) is 19.1. The first-order valence-corrected chi connectivity index (χ1v) is 8.86. The highest BCUT2D eigenvalue weighted by Gasteiger charge is 2.16. The number of carbonyl (C=O) groups excluding carboxylic acids is 1. The van der Waals surface area contributed by atoms with Crippen molar-refractivity contribution in [1.82, 2.24) is 9.78 Å². The summed E-state index contributed by atoms with van der Waals surface area (Å²) >= 11 is 0. The lowest BCUT2D eigenvalue weighted by Crippen LogP contribution is -2.17. The van der Waals surface area contributed by atoms with Crippen molar-refractivity contribution in [3.05, 3.63) is 76.1 Å². The number of hydrogen-bond acceptors (Lipinski definition) is 5. The van der Waals surface area contributed by atoms with Crippen LogP contribution in [0.25, 0.3) is 5.69 Å². The second kappa shape index (κ2) is 8.34. The van der Waals surface area contributed by atoms with Crippen LogP contribution in [-0.4, -0.2) is 27.2 Å². The molecule has 0 aliphatic rings. The molecule has 3 aromatic rings. The summed E-state index contributed by atoms with van der Waals surface area (Å²) in [5, 5.41) is 21.4. The van der Waals surface area contributed by atoms with Crippen molar-refractivity contribution >= 4 is 23.0 Å². The Morgan fingerprint density at radius 3 is 2.50 bits per heavy atom. The Balaban J connectivity index is 1.63. The number of amides is 1. The van der Waals surface area contributed by atoms with Crippen LogP contribution in [0.15, 0.2) is 54.6 Å². The standard InChI is InChI=1S/C20H21N5O3/c1-14-20(15(2)24(23-14)16-8-4-3-5-9-16)22-19(26)12-13-21-17-10-6-7-11-18(17)25(27)28/h3-11,21H,12-13H2,1-2H3,(H,22,26). The normalized spacial score (nSPS) is 10.5. The first-order valence-electron chi connectivity index (χ1n) is 8.86. The number of aromatic nitrogens is 2. The molecule has 0 unspecified atom stereocenters. The molecule has 0 aliphatic carbocycles. The molecule has 0 bridgehead atoms. The van der Waals surface area contributed by atoms with E-state index in [1.54, 1.807) is 22.9 Å². The third kappa shape index (κ3) is 4.17. The Kier molecular flexibility index (Phi) is 5.69. The third-order valence-corrected chi connectivity index (χ3v) is 4.32. The SMILES string of the molecule is Cc1nn(-c2ccccc2)c(C)c1NC(=O)CCNc1ccccc1[N+](=O)[O-]. The summed E-state index contributed by atoms with van der Waals surface area (Å²) in [5.41, 5.74) is 3.54. The Morgan fingerprint density at radius 2 is 1.79 bits per heavy atom. The number of nitrogens with one attached hydrogen (secondary N) is 2. The molecule has 144 valence electrons. The lowest BCUT2D eigenvalue weighted by Gasteiger charge is -2.09. The van der Waals surface area contributed by atoms with Crippen molar-refractivity contribution in [2.75, 3.05) is 17.2 Å². The minimum atomic E-state index is -0.451. The van der Waals surface area contributed by atoms with Gasteiger partial charge in [-0.25, -0.2) is 4.68 Å². The van der Waals surface area contributed by atoms with Crippen LogP contribution in [0.5, 0.6) is 0 Å². The molecule has 1 heterocycles. The van der Waals surface area contributed by atoms with Gasteiger partial charge in [-0.3, -0.25) is 14.9 Å². The quantitative estimate of drug-likeness (QED) is 0.480. The van der Waals surface area contributed by atoms with Crippen molar-refractivity contribution in [2.45, 2.75) is 20.3 Å². The number of nitro benzene ring substituents is 1. The number of para-hydroxylation sites is 3. The van der Waals surface area contributed by atoms with Gasteiger partial charge in [-0.05, 0) is 32.0 Å². The Labute approximate surface area is 162 Å². The maximum Gasteiger partial charge on any atom is 0.292 e. The van der Waals surface area contributed by atoms with E-state index >= 15 is 0 Å². The third-order valence-electron chi connectivity index (χ3n) is 4.32. The molecule has 0 spiro atoms. The fourth-order valence-electron chi connectivity index (χ4n) is 2.94. The zero-order valence-corrected chi connectivity index (χ0v) is 15.7. The van der Waals surface area contributed by atoms with Crippen LogP contribution in [0.3, 0.4) is 0 Å². The van der Waals surface area contributed by atoms with E-state index in [0.29, 0.717) is 11.4 Å². The summed E-state index contributed by atoms with van der Waals surface area (Å²) < 4.78 is 1.79. The molecule has 0 saturated heterocycles. The molecule has 3 rings (SSSR count). The topological polar surface area (TPSA) is 102 Å². The first-order chi connectivity index (χ1) is 13.5. The van der Waals surface area contributed by atoms with Crippen LogP contribution in [0, 0.1) is 24.0 Å². The fourth-order valence-corrected chi connectivity index (χ4v) is 2.94. The number of aryl methyl sites for hydroxylation is 1. The predicted molar refractivity (Wildman–Crippen MR) is 108 cm³/mol. The van der Waals surface area contributed by atoms with Gasteiger partial charge in [0.15, 0.2) is 0 Å². The molecule has 8 heteroatoms. The molecule has 0 radical (unpaired) electrons. The number of carbonyl (C=O) groups is 1. The van der Waals surface area contributed by atoms with Crippen LogP contribution >= 0.6 is 0 Å². The number of rotatable bonds is 7. The van der Waals surface area contributed by atoms with E-state index in [1.165, 1.54) is 6.07 Å². The van der Waals surface area contributed by atoms with E-state index in [4.69, 9.17) is 0 Å². The zero-order chi connectivity index (χ0) is 20.1. The molecule has 2 aromatic carbocycles. The molecule has 2 N–H and O–H groups in total. The van der Waals surface area contributed by atoms with E-state index < -0.39 is 4.92 Å². The number of hydrogen-bond donors (Lipinski definition) is 2. The minimum Gasteiger partial charge on any atom is -0.379 e. The summed E-state index contributed by atoms with van der Waals surface area (Å²) in [5.74, 6) is -0.190. The van der Waals surface area contributed by atoms with E-state index in [-0.39, 0.29) is 24.6 Å². The van der Waals surface area contributed by atoms with Gasteiger partial charge in [0, 0.05) is 19.0 Å². The summed E-state index contributed by atoms with van der Waals surface area (Å²) in [6, 6.07) is 16.0. The Morgan fingerprint density at radius 1 is 1.11 bits per heavy atom. The van der Waals surface area contributed by atoms with Crippen LogP contribution in [-0.2, 0) is 4.79 Å². The molecular formula is C20H21N5O3. The average molecular weight is 379 g/mol. The van der Waals surface area contributed by atoms with Crippen molar-refractivity contribution in [1.29, 1.82) is 0 Å². The van der Waals surface area contributed by atoms with Crippen molar-refractivity contribution in [2.24, 2.45) is 0 Å². The van der Waals surface area contributed by atoms with E-state index in [0.717, 1.165) is 17.1 Å². The highest BCUT2D eigenvalue weighted by atomic mass is 16.6. The highest BCUT2D eigenvalue weighted by Crippen LogP contribution is 2.24. The van der Waals surface area contributed by atoms with Crippen LogP contribution in [0.4, 0.5) is 17.1 Å². The summed E-state index contributed by atoms with van der Waals surface area (Å²) in [4.78, 5) is 22.9. The number of nitrogens with zero attached hydrogens (tertiary/aromatic N) is 3. The molecule has 0 saturated carbocycles. The molecule has 0 aliphatic heterocycles. The van der Waals surface area contributed by atoms with Gasteiger partial charge in [0.2, 0.25) is 5.91 Å². The number of nitro groups is 1. The van der Waals surface area contributed by atoms with Gasteiger partial charge in [0.05, 0.1) is 27.7 Å². The van der Waals surface area contributed by atoms with E-state index in [1.807, 2.05) is 44.2 Å². The highest BCUT2D eigenvalue weighted by molar-refractivity contribution is 5.92. The molecule has 8 nitrogen and oxygen atoms in total. The van der Waals surface area contributed by atoms with E-state index in [2.05, 4.69) is 15.7 Å². The summed E-state index contributed by atoms with van der Waals surface area (Å²) in [7, 11) is 0. The largest absolute Gasteiger partial charge is 0.379 e. The van der Waals surface area contributed by atoms with Gasteiger partial charge in [-0.2, -0.15) is 5.10 Å². The van der Waals surface area contributed by atoms with Gasteiger partial charge in [0.25, 0.3) is 5.69 Å². The molecule has 0 atom stereocenters. The van der Waals surface area contributed by atoms with Crippen LogP contribution in [0.2, 0.25) is 0 Å². The van der Waals surface area contributed by atoms with Crippen molar-refractivity contribution < 1.29 is 9.72 Å². The second-order valence-electron chi connectivity index (χ2n) is 6.29. The lowest BCUT2D eigenvalue weighted by molar-refractivity contribution is -0.384. The monoisotopic (exact) mass is 379 g/mol. The molecule has 0 fully saturated rings. The maximum atomic E-state index is 12.3. The van der Waals surface area contributed by atoms with Gasteiger partial charge < -0.3 is 10.6 Å². The predicted octanol–water partition coefficient (Wildman–Crippen LogP) is 3.84. The van der Waals surface area contributed by atoms with Crippen LogP contribution in [0.1, 0.15) is 17.8 Å². The van der Waals surface area contributed by atoms with Gasteiger partial charge in [-0.15, -0.1) is 0 Å². The van der Waals surface area contributed by atoms with Gasteiger partial charge in [-0.1, -0.05) is 30.3 Å². The minimum absolute atomic E-state index is 0.0151. The average Bonchev–Trinajstić information content (AvgIpc) is 2.97. The lowest BCUT2D eigenvalue weighted by atomic mass is 10.2. The fraction of sp³-hybridized carbons (Fsp3) is 0.200. The smallest absolute Gasteiger partial charge is 0.292 e. The van der Waals surface area contributed by atoms with Gasteiger partial charge in [0.1, 0.15) is 5.69 Å². The summed E-state index contributed by atoms with van der Waals surface area (Å²) in [6.45, 7) is 4.02. The summed E-state index contributed by atoms with van der Waals surface area (Å²) in [6.07, 6.45) is 0.168. The Hall–Kier alpha value is -3.68. The molecule has 28 heavy (non-hydrogen) atoms. The van der Waals surface area contributed by atoms with Crippen molar-refractivity contribution in [3.63, 3.8) is 0 Å². The van der Waals surface area contributed by atoms with Crippen molar-refractivity contribution in [3.8, 4) is 5.69 Å². The van der Waals surface area contributed by atoms with E-state index in [9.17, 15) is 14.9 Å². The zero-order valence-electron chi connectivity index (χ0n) is 15.7. The second-order valence-corrected chi connectivity index (χ2v) is 6.29. The Bertz CT molecular complexity index is 998.